The normalized spacial score (nSPS) is 15.6. The molecule has 25 heavy (non-hydrogen) atoms. The monoisotopic (exact) mass is 339 g/mol. The molecule has 0 fully saturated rings. The van der Waals surface area contributed by atoms with Crippen molar-refractivity contribution in [3.63, 3.8) is 0 Å². The Morgan fingerprint density at radius 2 is 1.60 bits per heavy atom. The first-order chi connectivity index (χ1) is 12.2. The maximum Gasteiger partial charge on any atom is 0.367 e. The third kappa shape index (κ3) is 2.50. The molecule has 2 aromatic rings. The molecule has 2 aliphatic rings. The van der Waals surface area contributed by atoms with Crippen molar-refractivity contribution in [2.24, 2.45) is 0 Å². The maximum absolute atomic E-state index is 12.5. The van der Waals surface area contributed by atoms with Crippen LogP contribution < -0.4 is 9.47 Å². The number of ether oxygens (including phenoxy) is 2. The summed E-state index contributed by atoms with van der Waals surface area (Å²) in [5.74, 6) is -1.53. The van der Waals surface area contributed by atoms with E-state index in [1.165, 1.54) is 18.2 Å². The highest BCUT2D eigenvalue weighted by molar-refractivity contribution is 6.21. The fraction of sp³-hybridized carbons (Fsp3) is 0.167. The molecule has 0 saturated heterocycles. The molecule has 0 bridgehead atoms. The van der Waals surface area contributed by atoms with Crippen molar-refractivity contribution in [1.82, 2.24) is 5.06 Å². The molecule has 0 saturated carbocycles. The topological polar surface area (TPSA) is 82.1 Å². The molecule has 0 atom stereocenters. The number of imide groups is 1. The smallest absolute Gasteiger partial charge is 0.367 e. The summed E-state index contributed by atoms with van der Waals surface area (Å²) in [6.07, 6.45) is 0.682. The molecule has 2 amide bonds. The zero-order chi connectivity index (χ0) is 17.4. The quantitative estimate of drug-likeness (QED) is 0.780. The summed E-state index contributed by atoms with van der Waals surface area (Å²) in [6, 6.07) is 11.1. The number of carbonyl (C=O) groups excluding carboxylic acids is 3. The molecule has 0 unspecified atom stereocenters. The first kappa shape index (κ1) is 15.2. The largest absolute Gasteiger partial charge is 0.490 e. The van der Waals surface area contributed by atoms with Crippen LogP contribution in [0.3, 0.4) is 0 Å². The first-order valence-corrected chi connectivity index (χ1v) is 7.75. The van der Waals surface area contributed by atoms with Crippen molar-refractivity contribution in [3.05, 3.63) is 59.2 Å². The fourth-order valence-electron chi connectivity index (χ4n) is 2.74. The van der Waals surface area contributed by atoms with Crippen LogP contribution in [0.4, 0.5) is 0 Å². The van der Waals surface area contributed by atoms with Crippen LogP contribution in [-0.2, 0) is 4.84 Å². The summed E-state index contributed by atoms with van der Waals surface area (Å²) in [7, 11) is 0. The Bertz CT molecular complexity index is 856. The summed E-state index contributed by atoms with van der Waals surface area (Å²) in [4.78, 5) is 42.2. The molecule has 2 aliphatic heterocycles. The lowest BCUT2D eigenvalue weighted by molar-refractivity contribution is -0.0586. The van der Waals surface area contributed by atoms with Crippen LogP contribution in [0.1, 0.15) is 37.5 Å². The number of hydrogen-bond acceptors (Lipinski definition) is 6. The zero-order valence-electron chi connectivity index (χ0n) is 13.1. The van der Waals surface area contributed by atoms with Crippen LogP contribution in [0, 0.1) is 0 Å². The van der Waals surface area contributed by atoms with Crippen LogP contribution in [0.2, 0.25) is 0 Å². The molecule has 2 aromatic carbocycles. The molecular weight excluding hydrogens is 326 g/mol. The lowest BCUT2D eigenvalue weighted by Gasteiger charge is -2.15. The standard InChI is InChI=1S/C18H13NO6/c20-16-11-5-1-2-6-12(11)17(21)19(16)25-18(22)13-7-3-8-14-15(13)24-10-4-9-23-14/h1-3,5-8H,4,9-10H2. The Hall–Kier alpha value is -3.35. The van der Waals surface area contributed by atoms with E-state index in [9.17, 15) is 14.4 Å². The summed E-state index contributed by atoms with van der Waals surface area (Å²) in [5, 5.41) is 0.476. The second kappa shape index (κ2) is 5.94. The Labute approximate surface area is 142 Å². The van der Waals surface area contributed by atoms with Crippen LogP contribution >= 0.6 is 0 Å². The molecule has 0 radical (unpaired) electrons. The Morgan fingerprint density at radius 1 is 0.920 bits per heavy atom. The number of carbonyl (C=O) groups is 3. The minimum absolute atomic E-state index is 0.0935. The van der Waals surface area contributed by atoms with Gasteiger partial charge in [-0.05, 0) is 24.3 Å². The Kier molecular flexibility index (Phi) is 3.61. The van der Waals surface area contributed by atoms with E-state index in [0.29, 0.717) is 30.4 Å². The van der Waals surface area contributed by atoms with Gasteiger partial charge >= 0.3 is 5.97 Å². The van der Waals surface area contributed by atoms with Crippen molar-refractivity contribution in [2.75, 3.05) is 13.2 Å². The van der Waals surface area contributed by atoms with Gasteiger partial charge < -0.3 is 14.3 Å². The van der Waals surface area contributed by atoms with Gasteiger partial charge in [-0.2, -0.15) is 0 Å². The predicted molar refractivity (Wildman–Crippen MR) is 84.4 cm³/mol. The van der Waals surface area contributed by atoms with Gasteiger partial charge in [0.15, 0.2) is 11.5 Å². The lowest BCUT2D eigenvalue weighted by atomic mass is 10.1. The average Bonchev–Trinajstić information content (AvgIpc) is 2.82. The summed E-state index contributed by atoms with van der Waals surface area (Å²) >= 11 is 0. The summed E-state index contributed by atoms with van der Waals surface area (Å²) in [5.41, 5.74) is 0.495. The minimum Gasteiger partial charge on any atom is -0.490 e. The van der Waals surface area contributed by atoms with Crippen LogP contribution in [-0.4, -0.2) is 36.1 Å². The third-order valence-electron chi connectivity index (χ3n) is 3.92. The highest BCUT2D eigenvalue weighted by Crippen LogP contribution is 2.34. The van der Waals surface area contributed by atoms with E-state index in [0.717, 1.165) is 0 Å². The number of fused-ring (bicyclic) bond motifs is 2. The second-order valence-electron chi connectivity index (χ2n) is 5.51. The van der Waals surface area contributed by atoms with E-state index in [-0.39, 0.29) is 22.4 Å². The Morgan fingerprint density at radius 3 is 2.32 bits per heavy atom. The van der Waals surface area contributed by atoms with Gasteiger partial charge in [0.1, 0.15) is 5.56 Å². The van der Waals surface area contributed by atoms with E-state index in [1.54, 1.807) is 24.3 Å². The molecule has 0 spiro atoms. The van der Waals surface area contributed by atoms with Gasteiger partial charge in [0, 0.05) is 6.42 Å². The van der Waals surface area contributed by atoms with Gasteiger partial charge in [-0.3, -0.25) is 9.59 Å². The van der Waals surface area contributed by atoms with Crippen molar-refractivity contribution < 1.29 is 28.7 Å². The molecule has 2 heterocycles. The minimum atomic E-state index is -0.864. The van der Waals surface area contributed by atoms with E-state index in [2.05, 4.69) is 0 Å². The number of hydrogen-bond donors (Lipinski definition) is 0. The van der Waals surface area contributed by atoms with Crippen molar-refractivity contribution >= 4 is 17.8 Å². The van der Waals surface area contributed by atoms with Crippen LogP contribution in [0.5, 0.6) is 11.5 Å². The number of para-hydroxylation sites is 1. The second-order valence-corrected chi connectivity index (χ2v) is 5.51. The highest BCUT2D eigenvalue weighted by atomic mass is 16.7. The van der Waals surface area contributed by atoms with Crippen molar-refractivity contribution in [2.45, 2.75) is 6.42 Å². The highest BCUT2D eigenvalue weighted by Gasteiger charge is 2.39. The van der Waals surface area contributed by atoms with E-state index < -0.39 is 17.8 Å². The van der Waals surface area contributed by atoms with Gasteiger partial charge in [0.05, 0.1) is 24.3 Å². The van der Waals surface area contributed by atoms with Gasteiger partial charge in [-0.25, -0.2) is 4.79 Å². The molecule has 7 nitrogen and oxygen atoms in total. The molecule has 0 aromatic heterocycles. The number of amides is 2. The average molecular weight is 339 g/mol. The number of benzene rings is 2. The van der Waals surface area contributed by atoms with E-state index >= 15 is 0 Å². The number of rotatable bonds is 2. The van der Waals surface area contributed by atoms with Gasteiger partial charge in [-0.15, -0.1) is 0 Å². The van der Waals surface area contributed by atoms with Gasteiger partial charge in [0.2, 0.25) is 0 Å². The molecular formula is C18H13NO6. The van der Waals surface area contributed by atoms with Gasteiger partial charge in [-0.1, -0.05) is 23.3 Å². The van der Waals surface area contributed by atoms with Crippen molar-refractivity contribution in [3.8, 4) is 11.5 Å². The third-order valence-corrected chi connectivity index (χ3v) is 3.92. The Balaban J connectivity index is 1.62. The summed E-state index contributed by atoms with van der Waals surface area (Å²) < 4.78 is 11.1. The first-order valence-electron chi connectivity index (χ1n) is 7.75. The number of hydroxylamine groups is 2. The molecule has 0 aliphatic carbocycles. The SMILES string of the molecule is O=C(ON1C(=O)c2ccccc2C1=O)c1cccc2c1OCCCO2. The molecule has 4 rings (SSSR count). The van der Waals surface area contributed by atoms with Crippen molar-refractivity contribution in [1.29, 1.82) is 0 Å². The van der Waals surface area contributed by atoms with Gasteiger partial charge in [0.25, 0.3) is 11.8 Å². The van der Waals surface area contributed by atoms with E-state index in [4.69, 9.17) is 14.3 Å². The fourth-order valence-corrected chi connectivity index (χ4v) is 2.74. The number of nitrogens with zero attached hydrogens (tertiary/aromatic N) is 1. The van der Waals surface area contributed by atoms with E-state index in [1.807, 2.05) is 0 Å². The summed E-state index contributed by atoms with van der Waals surface area (Å²) in [6.45, 7) is 0.869. The van der Waals surface area contributed by atoms with Crippen LogP contribution in [0.25, 0.3) is 0 Å². The maximum atomic E-state index is 12.5. The predicted octanol–water partition coefficient (Wildman–Crippen LogP) is 2.22. The molecule has 126 valence electrons. The molecule has 7 heteroatoms. The zero-order valence-corrected chi connectivity index (χ0v) is 13.1. The lowest BCUT2D eigenvalue weighted by Crippen LogP contribution is -2.32. The van der Waals surface area contributed by atoms with Crippen LogP contribution in [0.15, 0.2) is 42.5 Å². The molecule has 0 N–H and O–H groups in total.